The largest absolute Gasteiger partial charge is 0.362 e. The molecule has 0 bridgehead atoms. The van der Waals surface area contributed by atoms with E-state index in [9.17, 15) is 0 Å². The zero-order chi connectivity index (χ0) is 16.0. The number of aromatic nitrogens is 2. The fourth-order valence-corrected chi connectivity index (χ4v) is 5.38. The molecule has 0 aliphatic carbocycles. The fourth-order valence-electron chi connectivity index (χ4n) is 3.21. The molecule has 6 heteroatoms. The third-order valence-electron chi connectivity index (χ3n) is 4.45. The average Bonchev–Trinajstić information content (AvgIpc) is 3.10. The molecular formula is C17H20N4S2. The van der Waals surface area contributed by atoms with Crippen molar-refractivity contribution in [3.8, 4) is 0 Å². The Morgan fingerprint density at radius 1 is 1.30 bits per heavy atom. The summed E-state index contributed by atoms with van der Waals surface area (Å²) in [6, 6.07) is 2.22. The molecule has 0 N–H and O–H groups in total. The highest BCUT2D eigenvalue weighted by molar-refractivity contribution is 7.19. The second-order valence-corrected chi connectivity index (χ2v) is 8.35. The van der Waals surface area contributed by atoms with E-state index in [2.05, 4.69) is 52.2 Å². The van der Waals surface area contributed by atoms with E-state index in [0.717, 1.165) is 36.7 Å². The van der Waals surface area contributed by atoms with Crippen LogP contribution in [0.4, 0.5) is 5.82 Å². The number of thiophene rings is 2. The molecule has 0 saturated carbocycles. The normalized spacial score (nSPS) is 15.1. The Bertz CT molecular complexity index is 850. The van der Waals surface area contributed by atoms with Crippen molar-refractivity contribution in [3.63, 3.8) is 0 Å². The summed E-state index contributed by atoms with van der Waals surface area (Å²) in [6.07, 6.45) is 2.78. The van der Waals surface area contributed by atoms with Crippen LogP contribution in [0.15, 0.2) is 17.8 Å². The Labute approximate surface area is 144 Å². The number of hydrogen-bond donors (Lipinski definition) is 0. The first-order chi connectivity index (χ1) is 11.1. The molecule has 1 aliphatic heterocycles. The third-order valence-corrected chi connectivity index (χ3v) is 6.59. The first-order valence-corrected chi connectivity index (χ1v) is 9.51. The SMILES string of the molecule is Cc1ccsc1CN1CCc2c(sc3ncnc(N(C)C)c23)C1. The zero-order valence-electron chi connectivity index (χ0n) is 13.7. The van der Waals surface area contributed by atoms with Crippen LogP contribution in [0.5, 0.6) is 0 Å². The minimum absolute atomic E-state index is 1.03. The summed E-state index contributed by atoms with van der Waals surface area (Å²) in [5.74, 6) is 1.05. The molecule has 4 nitrogen and oxygen atoms in total. The molecule has 3 aromatic heterocycles. The average molecular weight is 345 g/mol. The van der Waals surface area contributed by atoms with Crippen LogP contribution in [-0.2, 0) is 19.5 Å². The van der Waals surface area contributed by atoms with Crippen LogP contribution in [0.25, 0.3) is 10.2 Å². The standard InChI is InChI=1S/C17H20N4S2/c1-11-5-7-22-13(11)8-21-6-4-12-14(9-21)23-17-15(12)16(20(2)3)18-10-19-17/h5,7,10H,4,6,8-9H2,1-3H3. The van der Waals surface area contributed by atoms with Gasteiger partial charge in [-0.2, -0.15) is 0 Å². The summed E-state index contributed by atoms with van der Waals surface area (Å²) < 4.78 is 0. The lowest BCUT2D eigenvalue weighted by molar-refractivity contribution is 0.251. The highest BCUT2D eigenvalue weighted by Gasteiger charge is 2.24. The maximum absolute atomic E-state index is 4.51. The van der Waals surface area contributed by atoms with E-state index in [-0.39, 0.29) is 0 Å². The molecule has 0 amide bonds. The summed E-state index contributed by atoms with van der Waals surface area (Å²) in [4.78, 5) is 17.7. The van der Waals surface area contributed by atoms with Gasteiger partial charge in [-0.3, -0.25) is 4.90 Å². The summed E-state index contributed by atoms with van der Waals surface area (Å²) in [5, 5.41) is 3.46. The Hall–Kier alpha value is -1.50. The van der Waals surface area contributed by atoms with Gasteiger partial charge in [-0.25, -0.2) is 9.97 Å². The van der Waals surface area contributed by atoms with Gasteiger partial charge in [-0.05, 0) is 35.9 Å². The second kappa shape index (κ2) is 5.85. The van der Waals surface area contributed by atoms with E-state index in [4.69, 9.17) is 0 Å². The van der Waals surface area contributed by atoms with Gasteiger partial charge in [0.25, 0.3) is 0 Å². The Morgan fingerprint density at radius 2 is 2.17 bits per heavy atom. The Balaban J connectivity index is 1.67. The Kier molecular flexibility index (Phi) is 3.83. The van der Waals surface area contributed by atoms with Crippen LogP contribution in [0.2, 0.25) is 0 Å². The van der Waals surface area contributed by atoms with Gasteiger partial charge >= 0.3 is 0 Å². The molecule has 120 valence electrons. The van der Waals surface area contributed by atoms with Crippen LogP contribution in [0, 0.1) is 6.92 Å². The molecule has 0 atom stereocenters. The molecule has 23 heavy (non-hydrogen) atoms. The summed E-state index contributed by atoms with van der Waals surface area (Å²) in [6.45, 7) is 5.40. The van der Waals surface area contributed by atoms with Crippen LogP contribution >= 0.6 is 22.7 Å². The third kappa shape index (κ3) is 2.65. The number of rotatable bonds is 3. The number of hydrogen-bond acceptors (Lipinski definition) is 6. The molecule has 4 heterocycles. The van der Waals surface area contributed by atoms with Crippen molar-refractivity contribution in [2.45, 2.75) is 26.4 Å². The van der Waals surface area contributed by atoms with Gasteiger partial charge in [0.15, 0.2) is 0 Å². The monoisotopic (exact) mass is 344 g/mol. The fraction of sp³-hybridized carbons (Fsp3) is 0.412. The second-order valence-electron chi connectivity index (χ2n) is 6.26. The summed E-state index contributed by atoms with van der Waals surface area (Å²) >= 11 is 3.70. The topological polar surface area (TPSA) is 32.3 Å². The van der Waals surface area contributed by atoms with Crippen molar-refractivity contribution in [3.05, 3.63) is 38.7 Å². The zero-order valence-corrected chi connectivity index (χ0v) is 15.3. The van der Waals surface area contributed by atoms with E-state index < -0.39 is 0 Å². The lowest BCUT2D eigenvalue weighted by atomic mass is 10.0. The molecule has 4 rings (SSSR count). The quantitative estimate of drug-likeness (QED) is 0.725. The van der Waals surface area contributed by atoms with Crippen LogP contribution in [0.1, 0.15) is 20.9 Å². The van der Waals surface area contributed by atoms with Crippen molar-refractivity contribution in [1.82, 2.24) is 14.9 Å². The number of nitrogens with zero attached hydrogens (tertiary/aromatic N) is 4. The molecule has 0 spiro atoms. The molecule has 0 fully saturated rings. The molecule has 0 radical (unpaired) electrons. The van der Waals surface area contributed by atoms with Crippen LogP contribution in [0.3, 0.4) is 0 Å². The predicted molar refractivity (Wildman–Crippen MR) is 98.6 cm³/mol. The van der Waals surface area contributed by atoms with Crippen LogP contribution < -0.4 is 4.90 Å². The molecule has 3 aromatic rings. The number of aryl methyl sites for hydroxylation is 1. The van der Waals surface area contributed by atoms with Gasteiger partial charge in [0.05, 0.1) is 5.39 Å². The van der Waals surface area contributed by atoms with Crippen molar-refractivity contribution in [2.24, 2.45) is 0 Å². The van der Waals surface area contributed by atoms with E-state index in [1.54, 1.807) is 6.33 Å². The summed E-state index contributed by atoms with van der Waals surface area (Å²) in [5.41, 5.74) is 2.88. The number of anilines is 1. The van der Waals surface area contributed by atoms with Crippen molar-refractivity contribution in [2.75, 3.05) is 25.5 Å². The van der Waals surface area contributed by atoms with Crippen molar-refractivity contribution < 1.29 is 0 Å². The molecular weight excluding hydrogens is 324 g/mol. The maximum atomic E-state index is 4.51. The van der Waals surface area contributed by atoms with Gasteiger partial charge in [-0.1, -0.05) is 0 Å². The first kappa shape index (κ1) is 15.1. The molecule has 0 unspecified atom stereocenters. The highest BCUT2D eigenvalue weighted by Crippen LogP contribution is 2.38. The van der Waals surface area contributed by atoms with Crippen LogP contribution in [-0.4, -0.2) is 35.5 Å². The highest BCUT2D eigenvalue weighted by atomic mass is 32.1. The minimum atomic E-state index is 1.03. The lowest BCUT2D eigenvalue weighted by Gasteiger charge is -2.27. The smallest absolute Gasteiger partial charge is 0.140 e. The molecule has 0 aromatic carbocycles. The van der Waals surface area contributed by atoms with Gasteiger partial charge < -0.3 is 4.90 Å². The van der Waals surface area contributed by atoms with Crippen molar-refractivity contribution in [1.29, 1.82) is 0 Å². The predicted octanol–water partition coefficient (Wildman–Crippen LogP) is 3.69. The Morgan fingerprint density at radius 3 is 2.91 bits per heavy atom. The summed E-state index contributed by atoms with van der Waals surface area (Å²) in [7, 11) is 4.11. The van der Waals surface area contributed by atoms with Gasteiger partial charge in [0, 0.05) is 43.5 Å². The maximum Gasteiger partial charge on any atom is 0.140 e. The minimum Gasteiger partial charge on any atom is -0.362 e. The van der Waals surface area contributed by atoms with Gasteiger partial charge in [0.2, 0.25) is 0 Å². The van der Waals surface area contributed by atoms with E-state index in [0.29, 0.717) is 0 Å². The lowest BCUT2D eigenvalue weighted by Crippen LogP contribution is -2.29. The molecule has 0 saturated heterocycles. The first-order valence-electron chi connectivity index (χ1n) is 7.81. The van der Waals surface area contributed by atoms with Crippen molar-refractivity contribution >= 4 is 38.7 Å². The van der Waals surface area contributed by atoms with Gasteiger partial charge in [0.1, 0.15) is 17.0 Å². The number of fused-ring (bicyclic) bond motifs is 3. The van der Waals surface area contributed by atoms with Gasteiger partial charge in [-0.15, -0.1) is 22.7 Å². The molecule has 1 aliphatic rings. The van der Waals surface area contributed by atoms with E-state index in [1.165, 1.54) is 26.3 Å². The van der Waals surface area contributed by atoms with E-state index in [1.807, 2.05) is 22.7 Å². The van der Waals surface area contributed by atoms with E-state index >= 15 is 0 Å².